The first kappa shape index (κ1) is 16.6. The fourth-order valence-electron chi connectivity index (χ4n) is 5.58. The zero-order valence-electron chi connectivity index (χ0n) is 15.5. The summed E-state index contributed by atoms with van der Waals surface area (Å²) in [5, 5.41) is 3.82. The van der Waals surface area contributed by atoms with E-state index in [0.29, 0.717) is 23.5 Å². The molecule has 3 aliphatic heterocycles. The van der Waals surface area contributed by atoms with Gasteiger partial charge in [-0.15, -0.1) is 0 Å². The normalized spacial score (nSPS) is 37.9. The number of likely N-dealkylation sites (tertiary alicyclic amines) is 1. The van der Waals surface area contributed by atoms with Crippen molar-refractivity contribution in [2.45, 2.75) is 58.1 Å². The molecule has 0 radical (unpaired) electrons. The zero-order valence-corrected chi connectivity index (χ0v) is 15.5. The Bertz CT molecular complexity index is 499. The van der Waals surface area contributed by atoms with Gasteiger partial charge in [-0.3, -0.25) is 4.99 Å². The average Bonchev–Trinajstić information content (AvgIpc) is 2.99. The molecule has 4 fully saturated rings. The Morgan fingerprint density at radius 3 is 2.71 bits per heavy atom. The Balaban J connectivity index is 1.42. The number of ether oxygens (including phenoxy) is 2. The molecule has 136 valence electrons. The Labute approximate surface area is 146 Å². The molecule has 3 heterocycles. The van der Waals surface area contributed by atoms with Gasteiger partial charge in [0.2, 0.25) is 0 Å². The van der Waals surface area contributed by atoms with Crippen LogP contribution in [-0.2, 0) is 9.47 Å². The molecule has 0 aromatic rings. The highest BCUT2D eigenvalue weighted by Gasteiger charge is 2.58. The summed E-state index contributed by atoms with van der Waals surface area (Å²) >= 11 is 0. The molecule has 1 spiro atoms. The van der Waals surface area contributed by atoms with Crippen molar-refractivity contribution in [1.82, 2.24) is 10.2 Å². The van der Waals surface area contributed by atoms with Gasteiger partial charge in [-0.25, -0.2) is 0 Å². The van der Waals surface area contributed by atoms with Crippen molar-refractivity contribution in [3.63, 3.8) is 0 Å². The van der Waals surface area contributed by atoms with Crippen LogP contribution in [0, 0.1) is 16.7 Å². The summed E-state index contributed by atoms with van der Waals surface area (Å²) in [6.07, 6.45) is 6.58. The van der Waals surface area contributed by atoms with Gasteiger partial charge in [0.15, 0.2) is 5.96 Å². The van der Waals surface area contributed by atoms with E-state index in [1.807, 2.05) is 7.05 Å². The number of nitrogens with one attached hydrogen (secondary N) is 1. The van der Waals surface area contributed by atoms with Gasteiger partial charge in [0.1, 0.15) is 0 Å². The monoisotopic (exact) mass is 335 g/mol. The molecule has 4 rings (SSSR count). The second-order valence-electron chi connectivity index (χ2n) is 8.87. The molecule has 5 nitrogen and oxygen atoms in total. The largest absolute Gasteiger partial charge is 0.381 e. The van der Waals surface area contributed by atoms with Gasteiger partial charge in [-0.05, 0) is 37.5 Å². The number of hydrogen-bond donors (Lipinski definition) is 1. The number of aliphatic imine (C=N–C) groups is 1. The first-order valence-electron chi connectivity index (χ1n) is 9.73. The zero-order chi connectivity index (χ0) is 16.8. The number of fused-ring (bicyclic) bond motifs is 1. The van der Waals surface area contributed by atoms with E-state index in [-0.39, 0.29) is 5.41 Å². The van der Waals surface area contributed by atoms with Crippen LogP contribution >= 0.6 is 0 Å². The SMILES string of the molecule is CN=C(NC1C2CCCOC2C1(C)C)N1CCC2(CCOCC2)C1. The van der Waals surface area contributed by atoms with E-state index in [0.717, 1.165) is 38.9 Å². The minimum Gasteiger partial charge on any atom is -0.381 e. The quantitative estimate of drug-likeness (QED) is 0.590. The van der Waals surface area contributed by atoms with E-state index < -0.39 is 0 Å². The Hall–Kier alpha value is -0.810. The number of guanidine groups is 1. The first-order chi connectivity index (χ1) is 11.6. The highest BCUT2D eigenvalue weighted by molar-refractivity contribution is 5.81. The fourth-order valence-corrected chi connectivity index (χ4v) is 5.58. The summed E-state index contributed by atoms with van der Waals surface area (Å²) in [7, 11) is 1.93. The van der Waals surface area contributed by atoms with E-state index in [4.69, 9.17) is 9.47 Å². The lowest BCUT2D eigenvalue weighted by Gasteiger charge is -2.60. The summed E-state index contributed by atoms with van der Waals surface area (Å²) in [6, 6.07) is 0.479. The molecule has 0 aromatic carbocycles. The molecule has 0 amide bonds. The van der Waals surface area contributed by atoms with E-state index in [9.17, 15) is 0 Å². The van der Waals surface area contributed by atoms with Crippen LogP contribution in [0.5, 0.6) is 0 Å². The van der Waals surface area contributed by atoms with Gasteiger partial charge in [-0.1, -0.05) is 13.8 Å². The molecule has 3 atom stereocenters. The van der Waals surface area contributed by atoms with Gasteiger partial charge in [0.25, 0.3) is 0 Å². The van der Waals surface area contributed by atoms with Gasteiger partial charge < -0.3 is 19.7 Å². The maximum atomic E-state index is 6.05. The summed E-state index contributed by atoms with van der Waals surface area (Å²) in [4.78, 5) is 7.12. The van der Waals surface area contributed by atoms with Crippen LogP contribution in [0.4, 0.5) is 0 Å². The maximum Gasteiger partial charge on any atom is 0.193 e. The van der Waals surface area contributed by atoms with Gasteiger partial charge in [0.05, 0.1) is 6.10 Å². The van der Waals surface area contributed by atoms with Crippen LogP contribution in [0.3, 0.4) is 0 Å². The van der Waals surface area contributed by atoms with Crippen LogP contribution in [0.1, 0.15) is 46.0 Å². The van der Waals surface area contributed by atoms with Crippen LogP contribution < -0.4 is 5.32 Å². The van der Waals surface area contributed by atoms with Gasteiger partial charge >= 0.3 is 0 Å². The lowest BCUT2D eigenvalue weighted by molar-refractivity contribution is -0.188. The van der Waals surface area contributed by atoms with Crippen molar-refractivity contribution in [1.29, 1.82) is 0 Å². The third-order valence-electron chi connectivity index (χ3n) is 7.12. The predicted molar refractivity (Wildman–Crippen MR) is 95.2 cm³/mol. The fraction of sp³-hybridized carbons (Fsp3) is 0.947. The highest BCUT2D eigenvalue weighted by atomic mass is 16.5. The van der Waals surface area contributed by atoms with E-state index >= 15 is 0 Å². The van der Waals surface area contributed by atoms with Crippen LogP contribution in [0.15, 0.2) is 4.99 Å². The van der Waals surface area contributed by atoms with Crippen LogP contribution in [-0.4, -0.2) is 63.0 Å². The van der Waals surface area contributed by atoms with E-state index in [2.05, 4.69) is 29.1 Å². The molecular weight excluding hydrogens is 302 g/mol. The van der Waals surface area contributed by atoms with E-state index in [1.165, 1.54) is 32.1 Å². The van der Waals surface area contributed by atoms with Crippen LogP contribution in [0.2, 0.25) is 0 Å². The minimum atomic E-state index is 0.192. The Kier molecular flexibility index (Phi) is 4.28. The Morgan fingerprint density at radius 1 is 1.17 bits per heavy atom. The van der Waals surface area contributed by atoms with Crippen molar-refractivity contribution in [3.8, 4) is 0 Å². The summed E-state index contributed by atoms with van der Waals surface area (Å²) < 4.78 is 11.6. The molecule has 5 heteroatoms. The number of nitrogens with zero attached hydrogens (tertiary/aromatic N) is 2. The van der Waals surface area contributed by atoms with Crippen molar-refractivity contribution in [2.75, 3.05) is 40.0 Å². The van der Waals surface area contributed by atoms with Crippen LogP contribution in [0.25, 0.3) is 0 Å². The molecule has 1 aliphatic carbocycles. The molecule has 1 saturated carbocycles. The van der Waals surface area contributed by atoms with E-state index in [1.54, 1.807) is 0 Å². The standard InChI is InChI=1S/C19H33N3O2/c1-18(2)15(14-5-4-10-24-16(14)18)21-17(20-3)22-9-6-19(13-22)7-11-23-12-8-19/h14-16H,4-13H2,1-3H3,(H,20,21). The molecule has 3 saturated heterocycles. The molecular formula is C19H33N3O2. The minimum absolute atomic E-state index is 0.192. The number of hydrogen-bond acceptors (Lipinski definition) is 3. The summed E-state index contributed by atoms with van der Waals surface area (Å²) in [6.45, 7) is 9.73. The molecule has 24 heavy (non-hydrogen) atoms. The average molecular weight is 335 g/mol. The highest BCUT2D eigenvalue weighted by Crippen LogP contribution is 2.51. The summed E-state index contributed by atoms with van der Waals surface area (Å²) in [5.74, 6) is 1.74. The molecule has 0 bridgehead atoms. The van der Waals surface area contributed by atoms with Crippen molar-refractivity contribution >= 4 is 5.96 Å². The third-order valence-corrected chi connectivity index (χ3v) is 7.12. The lowest BCUT2D eigenvalue weighted by Crippen LogP contribution is -2.71. The van der Waals surface area contributed by atoms with Crippen molar-refractivity contribution in [2.24, 2.45) is 21.7 Å². The Morgan fingerprint density at radius 2 is 1.96 bits per heavy atom. The van der Waals surface area contributed by atoms with Crippen molar-refractivity contribution in [3.05, 3.63) is 0 Å². The topological polar surface area (TPSA) is 46.1 Å². The molecule has 1 N–H and O–H groups in total. The number of rotatable bonds is 1. The second-order valence-corrected chi connectivity index (χ2v) is 8.87. The van der Waals surface area contributed by atoms with Gasteiger partial charge in [-0.2, -0.15) is 0 Å². The molecule has 3 unspecified atom stereocenters. The lowest BCUT2D eigenvalue weighted by atomic mass is 9.55. The first-order valence-corrected chi connectivity index (χ1v) is 9.73. The predicted octanol–water partition coefficient (Wildman–Crippen LogP) is 2.27. The smallest absolute Gasteiger partial charge is 0.193 e. The van der Waals surface area contributed by atoms with Crippen molar-refractivity contribution < 1.29 is 9.47 Å². The third kappa shape index (κ3) is 2.64. The second kappa shape index (κ2) is 6.17. The summed E-state index contributed by atoms with van der Waals surface area (Å²) in [5.41, 5.74) is 0.651. The van der Waals surface area contributed by atoms with Gasteiger partial charge in [0, 0.05) is 57.3 Å². The molecule has 0 aromatic heterocycles. The molecule has 4 aliphatic rings. The maximum absolute atomic E-state index is 6.05.